The zero-order valence-corrected chi connectivity index (χ0v) is 10.3. The molecule has 0 saturated carbocycles. The van der Waals surface area contributed by atoms with E-state index in [-0.39, 0.29) is 11.8 Å². The summed E-state index contributed by atoms with van der Waals surface area (Å²) in [7, 11) is 0. The first-order chi connectivity index (χ1) is 7.19. The van der Waals surface area contributed by atoms with Gasteiger partial charge >= 0.3 is 0 Å². The smallest absolute Gasteiger partial charge is 0.112 e. The van der Waals surface area contributed by atoms with Gasteiger partial charge in [-0.05, 0) is 11.8 Å². The Balaban J connectivity index is 4.95. The Morgan fingerprint density at radius 2 is 1.31 bits per heavy atom. The Labute approximate surface area is 96.4 Å². The van der Waals surface area contributed by atoms with Gasteiger partial charge in [0, 0.05) is 0 Å². The first kappa shape index (κ1) is 15.8. The zero-order chi connectivity index (χ0) is 13.1. The lowest BCUT2D eigenvalue weighted by atomic mass is 9.74. The van der Waals surface area contributed by atoms with Crippen molar-refractivity contribution in [3.05, 3.63) is 0 Å². The summed E-state index contributed by atoms with van der Waals surface area (Å²) < 4.78 is 0. The molecule has 0 rings (SSSR count). The molecule has 0 heterocycles. The molecule has 5 nitrogen and oxygen atoms in total. The van der Waals surface area contributed by atoms with Crippen LogP contribution in [0.5, 0.6) is 0 Å². The third-order valence-corrected chi connectivity index (χ3v) is 3.23. The lowest BCUT2D eigenvalue weighted by Gasteiger charge is -2.42. The van der Waals surface area contributed by atoms with Crippen LogP contribution >= 0.6 is 0 Å². The highest BCUT2D eigenvalue weighted by molar-refractivity contribution is 4.97. The quantitative estimate of drug-likeness (QED) is 0.411. The van der Waals surface area contributed by atoms with Gasteiger partial charge in [-0.3, -0.25) is 0 Å². The van der Waals surface area contributed by atoms with Gasteiger partial charge in [0.25, 0.3) is 0 Å². The van der Waals surface area contributed by atoms with Crippen molar-refractivity contribution in [2.24, 2.45) is 11.8 Å². The van der Waals surface area contributed by atoms with Crippen molar-refractivity contribution >= 4 is 0 Å². The van der Waals surface area contributed by atoms with E-state index in [1.165, 1.54) is 0 Å². The predicted molar refractivity (Wildman–Crippen MR) is 59.7 cm³/mol. The molecule has 0 bridgehead atoms. The van der Waals surface area contributed by atoms with Gasteiger partial charge in [-0.15, -0.1) is 0 Å². The lowest BCUT2D eigenvalue weighted by molar-refractivity contribution is -0.192. The molecule has 0 aromatic heterocycles. The Kier molecular flexibility index (Phi) is 5.86. The molecule has 98 valence electrons. The summed E-state index contributed by atoms with van der Waals surface area (Å²) in [5, 5.41) is 47.8. The number of rotatable bonds is 6. The summed E-state index contributed by atoms with van der Waals surface area (Å²) in [5.74, 6) is -0.578. The van der Waals surface area contributed by atoms with E-state index in [9.17, 15) is 20.4 Å². The van der Waals surface area contributed by atoms with Crippen LogP contribution in [0.15, 0.2) is 0 Å². The molecule has 0 fully saturated rings. The molecule has 0 saturated heterocycles. The molecule has 0 amide bonds. The number of hydrogen-bond acceptors (Lipinski definition) is 5. The molecule has 0 aliphatic carbocycles. The Morgan fingerprint density at radius 1 is 0.938 bits per heavy atom. The fraction of sp³-hybridized carbons (Fsp3) is 1.00. The van der Waals surface area contributed by atoms with Crippen LogP contribution in [-0.4, -0.2) is 56.1 Å². The van der Waals surface area contributed by atoms with Crippen LogP contribution in [0.1, 0.15) is 27.7 Å². The van der Waals surface area contributed by atoms with Crippen molar-refractivity contribution in [2.75, 3.05) is 6.61 Å². The van der Waals surface area contributed by atoms with Gasteiger partial charge in [-0.2, -0.15) is 0 Å². The van der Waals surface area contributed by atoms with Gasteiger partial charge in [-0.1, -0.05) is 27.7 Å². The molecule has 3 atom stereocenters. The average Bonchev–Trinajstić information content (AvgIpc) is 2.23. The maximum atomic E-state index is 10.3. The van der Waals surface area contributed by atoms with Gasteiger partial charge in [0.15, 0.2) is 0 Å². The summed E-state index contributed by atoms with van der Waals surface area (Å²) in [4.78, 5) is 0. The Bertz CT molecular complexity index is 197. The predicted octanol–water partition coefficient (Wildman–Crippen LogP) is -0.895. The van der Waals surface area contributed by atoms with E-state index in [0.717, 1.165) is 0 Å². The van der Waals surface area contributed by atoms with Crippen LogP contribution in [0.2, 0.25) is 0 Å². The first-order valence-electron chi connectivity index (χ1n) is 5.56. The van der Waals surface area contributed by atoms with Gasteiger partial charge in [0.2, 0.25) is 0 Å². The molecule has 16 heavy (non-hydrogen) atoms. The molecule has 5 heteroatoms. The molecule has 5 N–H and O–H groups in total. The molecule has 3 unspecified atom stereocenters. The number of aliphatic hydroxyl groups is 5. The number of hydrogen-bond donors (Lipinski definition) is 5. The molecule has 0 radical (unpaired) electrons. The molecule has 0 aliphatic heterocycles. The monoisotopic (exact) mass is 236 g/mol. The highest BCUT2D eigenvalue weighted by Gasteiger charge is 2.46. The van der Waals surface area contributed by atoms with Crippen LogP contribution in [0.3, 0.4) is 0 Å². The second-order valence-corrected chi connectivity index (χ2v) is 4.88. The van der Waals surface area contributed by atoms with E-state index in [1.54, 1.807) is 27.7 Å². The standard InChI is InChI=1S/C11H24O5/c1-6(2)11(16,7(3)4)10(15)9(14)8(13)5-12/h6-10,12-16H,5H2,1-4H3. The number of aliphatic hydroxyl groups excluding tert-OH is 4. The summed E-state index contributed by atoms with van der Waals surface area (Å²) in [6.07, 6.45) is -4.53. The van der Waals surface area contributed by atoms with E-state index in [2.05, 4.69) is 0 Å². The maximum Gasteiger partial charge on any atom is 0.112 e. The van der Waals surface area contributed by atoms with Crippen LogP contribution < -0.4 is 0 Å². The largest absolute Gasteiger partial charge is 0.394 e. The second-order valence-electron chi connectivity index (χ2n) is 4.88. The highest BCUT2D eigenvalue weighted by Crippen LogP contribution is 2.31. The zero-order valence-electron chi connectivity index (χ0n) is 10.3. The minimum Gasteiger partial charge on any atom is -0.394 e. The Hall–Kier alpha value is -0.200. The normalized spacial score (nSPS) is 18.9. The molecular weight excluding hydrogens is 212 g/mol. The van der Waals surface area contributed by atoms with Crippen molar-refractivity contribution in [3.63, 3.8) is 0 Å². The van der Waals surface area contributed by atoms with E-state index in [1.807, 2.05) is 0 Å². The summed E-state index contributed by atoms with van der Waals surface area (Å²) >= 11 is 0. The molecule has 0 spiro atoms. The molecular formula is C11H24O5. The average molecular weight is 236 g/mol. The van der Waals surface area contributed by atoms with Crippen molar-refractivity contribution in [2.45, 2.75) is 51.6 Å². The fourth-order valence-corrected chi connectivity index (χ4v) is 1.94. The molecule has 0 aliphatic rings. The minimum absolute atomic E-state index is 0.289. The van der Waals surface area contributed by atoms with Crippen molar-refractivity contribution in [3.8, 4) is 0 Å². The molecule has 0 aromatic rings. The van der Waals surface area contributed by atoms with Crippen molar-refractivity contribution < 1.29 is 25.5 Å². The van der Waals surface area contributed by atoms with Gasteiger partial charge < -0.3 is 25.5 Å². The van der Waals surface area contributed by atoms with E-state index in [0.29, 0.717) is 0 Å². The minimum atomic E-state index is -1.57. The summed E-state index contributed by atoms with van der Waals surface area (Å²) in [5.41, 5.74) is -1.50. The lowest BCUT2D eigenvalue weighted by Crippen LogP contribution is -2.59. The topological polar surface area (TPSA) is 101 Å². The third-order valence-electron chi connectivity index (χ3n) is 3.23. The SMILES string of the molecule is CC(C)C(O)(C(C)C)C(O)C(O)C(O)CO. The third kappa shape index (κ3) is 2.93. The summed E-state index contributed by atoms with van der Waals surface area (Å²) in [6, 6.07) is 0. The van der Waals surface area contributed by atoms with Crippen molar-refractivity contribution in [1.82, 2.24) is 0 Å². The van der Waals surface area contributed by atoms with Gasteiger partial charge in [-0.25, -0.2) is 0 Å². The second kappa shape index (κ2) is 5.93. The molecule has 0 aromatic carbocycles. The van der Waals surface area contributed by atoms with Crippen LogP contribution in [0, 0.1) is 11.8 Å². The van der Waals surface area contributed by atoms with Crippen LogP contribution in [-0.2, 0) is 0 Å². The fourth-order valence-electron chi connectivity index (χ4n) is 1.94. The Morgan fingerprint density at radius 3 is 1.56 bits per heavy atom. The highest BCUT2D eigenvalue weighted by atomic mass is 16.4. The van der Waals surface area contributed by atoms with Crippen LogP contribution in [0.25, 0.3) is 0 Å². The van der Waals surface area contributed by atoms with E-state index in [4.69, 9.17) is 5.11 Å². The van der Waals surface area contributed by atoms with E-state index >= 15 is 0 Å². The van der Waals surface area contributed by atoms with Gasteiger partial charge in [0.05, 0.1) is 12.2 Å². The first-order valence-corrected chi connectivity index (χ1v) is 5.56. The van der Waals surface area contributed by atoms with E-state index < -0.39 is 30.5 Å². The summed E-state index contributed by atoms with van der Waals surface area (Å²) in [6.45, 7) is 6.23. The van der Waals surface area contributed by atoms with Crippen molar-refractivity contribution in [1.29, 1.82) is 0 Å². The van der Waals surface area contributed by atoms with Crippen LogP contribution in [0.4, 0.5) is 0 Å². The van der Waals surface area contributed by atoms with Gasteiger partial charge in [0.1, 0.15) is 18.3 Å². The maximum absolute atomic E-state index is 10.3.